The number of piperidine rings is 1. The van der Waals surface area contributed by atoms with Crippen LogP contribution in [0.2, 0.25) is 5.02 Å². The molecular formula is C18H21ClN4O. The van der Waals surface area contributed by atoms with E-state index in [1.165, 1.54) is 6.42 Å². The topological polar surface area (TPSA) is 58.1 Å². The second-order valence-corrected chi connectivity index (χ2v) is 6.56. The maximum absolute atomic E-state index is 12.5. The summed E-state index contributed by atoms with van der Waals surface area (Å²) in [6.45, 7) is 5.74. The van der Waals surface area contributed by atoms with Gasteiger partial charge in [-0.2, -0.15) is 0 Å². The minimum atomic E-state index is -0.247. The maximum atomic E-state index is 12.5. The number of carbonyl (C=O) groups excluding carboxylic acids is 1. The first-order chi connectivity index (χ1) is 11.5. The number of amides is 1. The Kier molecular flexibility index (Phi) is 5.00. The molecule has 126 valence electrons. The summed E-state index contributed by atoms with van der Waals surface area (Å²) in [4.78, 5) is 23.6. The van der Waals surface area contributed by atoms with E-state index in [0.29, 0.717) is 27.9 Å². The summed E-state index contributed by atoms with van der Waals surface area (Å²) in [7, 11) is 0. The molecule has 1 aliphatic heterocycles. The Bertz CT molecular complexity index is 757. The first kappa shape index (κ1) is 16.7. The minimum Gasteiger partial charge on any atom is -0.341 e. The maximum Gasteiger partial charge on any atom is 0.259 e. The van der Waals surface area contributed by atoms with Crippen LogP contribution in [-0.4, -0.2) is 29.0 Å². The lowest BCUT2D eigenvalue weighted by atomic mass is 10.1. The number of hydrogen-bond donors (Lipinski definition) is 1. The molecule has 0 aliphatic carbocycles. The van der Waals surface area contributed by atoms with E-state index in [-0.39, 0.29) is 5.91 Å². The molecule has 1 amide bonds. The molecule has 0 radical (unpaired) electrons. The van der Waals surface area contributed by atoms with E-state index in [9.17, 15) is 4.79 Å². The van der Waals surface area contributed by atoms with Crippen LogP contribution < -0.4 is 10.2 Å². The van der Waals surface area contributed by atoms with Crippen LogP contribution in [-0.2, 0) is 0 Å². The van der Waals surface area contributed by atoms with Gasteiger partial charge in [-0.3, -0.25) is 4.79 Å². The highest BCUT2D eigenvalue weighted by atomic mass is 35.5. The first-order valence-corrected chi connectivity index (χ1v) is 8.58. The summed E-state index contributed by atoms with van der Waals surface area (Å²) >= 11 is 6.17. The first-order valence-electron chi connectivity index (χ1n) is 8.20. The SMILES string of the molecule is Cc1ccc(NC(=O)c2cnc(N3CCCCC3)nc2C)c(Cl)c1. The molecule has 2 aromatic rings. The Morgan fingerprint density at radius 1 is 1.21 bits per heavy atom. The summed E-state index contributed by atoms with van der Waals surface area (Å²) in [6.07, 6.45) is 5.18. The third-order valence-electron chi connectivity index (χ3n) is 4.22. The highest BCUT2D eigenvalue weighted by molar-refractivity contribution is 6.34. The van der Waals surface area contributed by atoms with E-state index >= 15 is 0 Å². The van der Waals surface area contributed by atoms with E-state index in [2.05, 4.69) is 20.2 Å². The fourth-order valence-corrected chi connectivity index (χ4v) is 3.12. The molecule has 6 heteroatoms. The van der Waals surface area contributed by atoms with E-state index < -0.39 is 0 Å². The number of aryl methyl sites for hydroxylation is 2. The second kappa shape index (κ2) is 7.18. The zero-order valence-corrected chi connectivity index (χ0v) is 14.7. The minimum absolute atomic E-state index is 0.247. The Labute approximate surface area is 147 Å². The largest absolute Gasteiger partial charge is 0.341 e. The molecule has 1 aromatic carbocycles. The molecule has 0 atom stereocenters. The molecule has 2 heterocycles. The number of hydrogen-bond acceptors (Lipinski definition) is 4. The summed E-state index contributed by atoms with van der Waals surface area (Å²) < 4.78 is 0. The van der Waals surface area contributed by atoms with Gasteiger partial charge in [0.05, 0.1) is 22.0 Å². The van der Waals surface area contributed by atoms with Gasteiger partial charge < -0.3 is 10.2 Å². The van der Waals surface area contributed by atoms with Gasteiger partial charge in [0.1, 0.15) is 0 Å². The van der Waals surface area contributed by atoms with E-state index in [4.69, 9.17) is 11.6 Å². The van der Waals surface area contributed by atoms with Crippen LogP contribution in [0.5, 0.6) is 0 Å². The summed E-state index contributed by atoms with van der Waals surface area (Å²) in [6, 6.07) is 5.53. The smallest absolute Gasteiger partial charge is 0.259 e. The van der Waals surface area contributed by atoms with Crippen molar-refractivity contribution in [3.63, 3.8) is 0 Å². The zero-order valence-electron chi connectivity index (χ0n) is 14.0. The van der Waals surface area contributed by atoms with Crippen molar-refractivity contribution in [1.82, 2.24) is 9.97 Å². The van der Waals surface area contributed by atoms with Gasteiger partial charge in [0, 0.05) is 19.3 Å². The number of carbonyl (C=O) groups is 1. The van der Waals surface area contributed by atoms with Gasteiger partial charge in [-0.25, -0.2) is 9.97 Å². The molecule has 0 saturated carbocycles. The van der Waals surface area contributed by atoms with Crippen LogP contribution >= 0.6 is 11.6 Å². The zero-order chi connectivity index (χ0) is 17.1. The number of anilines is 2. The Balaban J connectivity index is 1.77. The second-order valence-electron chi connectivity index (χ2n) is 6.15. The van der Waals surface area contributed by atoms with Gasteiger partial charge in [0.25, 0.3) is 5.91 Å². The van der Waals surface area contributed by atoms with E-state index in [1.54, 1.807) is 12.3 Å². The summed E-state index contributed by atoms with van der Waals surface area (Å²) in [5, 5.41) is 3.35. The highest BCUT2D eigenvalue weighted by Gasteiger charge is 2.17. The molecule has 5 nitrogen and oxygen atoms in total. The van der Waals surface area contributed by atoms with Crippen molar-refractivity contribution in [3.8, 4) is 0 Å². The fourth-order valence-electron chi connectivity index (χ4n) is 2.84. The number of halogens is 1. The average Bonchev–Trinajstić information content (AvgIpc) is 2.58. The highest BCUT2D eigenvalue weighted by Crippen LogP contribution is 2.24. The van der Waals surface area contributed by atoms with E-state index in [0.717, 1.165) is 31.5 Å². The van der Waals surface area contributed by atoms with Gasteiger partial charge in [-0.05, 0) is 50.8 Å². The molecule has 3 rings (SSSR count). The van der Waals surface area contributed by atoms with Crippen molar-refractivity contribution in [2.45, 2.75) is 33.1 Å². The van der Waals surface area contributed by atoms with Crippen LogP contribution in [0.1, 0.15) is 40.9 Å². The molecule has 1 saturated heterocycles. The van der Waals surface area contributed by atoms with Crippen molar-refractivity contribution in [2.24, 2.45) is 0 Å². The molecule has 0 spiro atoms. The Morgan fingerprint density at radius 2 is 1.96 bits per heavy atom. The predicted octanol–water partition coefficient (Wildman–Crippen LogP) is 3.99. The van der Waals surface area contributed by atoms with Crippen LogP contribution in [0.25, 0.3) is 0 Å². The molecule has 1 N–H and O–H groups in total. The van der Waals surface area contributed by atoms with E-state index in [1.807, 2.05) is 26.0 Å². The lowest BCUT2D eigenvalue weighted by Crippen LogP contribution is -2.31. The molecule has 1 aromatic heterocycles. The van der Waals surface area contributed by atoms with Crippen LogP contribution in [0, 0.1) is 13.8 Å². The molecule has 0 bridgehead atoms. The van der Waals surface area contributed by atoms with Gasteiger partial charge in [-0.15, -0.1) is 0 Å². The number of nitrogens with zero attached hydrogens (tertiary/aromatic N) is 3. The predicted molar refractivity (Wildman–Crippen MR) is 97.0 cm³/mol. The standard InChI is InChI=1S/C18H21ClN4O/c1-12-6-7-16(15(19)10-12)22-17(24)14-11-20-18(21-13(14)2)23-8-4-3-5-9-23/h6-7,10-11H,3-5,8-9H2,1-2H3,(H,22,24). The van der Waals surface area contributed by atoms with Gasteiger partial charge in [0.15, 0.2) is 0 Å². The van der Waals surface area contributed by atoms with Gasteiger partial charge in [-0.1, -0.05) is 17.7 Å². The molecule has 1 fully saturated rings. The van der Waals surface area contributed by atoms with Gasteiger partial charge in [0.2, 0.25) is 5.95 Å². The van der Waals surface area contributed by atoms with Crippen LogP contribution in [0.15, 0.2) is 24.4 Å². The average molecular weight is 345 g/mol. The lowest BCUT2D eigenvalue weighted by molar-refractivity contribution is 0.102. The van der Waals surface area contributed by atoms with Gasteiger partial charge >= 0.3 is 0 Å². The van der Waals surface area contributed by atoms with Crippen molar-refractivity contribution in [2.75, 3.05) is 23.3 Å². The third-order valence-corrected chi connectivity index (χ3v) is 4.54. The quantitative estimate of drug-likeness (QED) is 0.914. The van der Waals surface area contributed by atoms with Crippen molar-refractivity contribution < 1.29 is 4.79 Å². The number of rotatable bonds is 3. The number of nitrogens with one attached hydrogen (secondary N) is 1. The number of benzene rings is 1. The normalized spacial score (nSPS) is 14.5. The summed E-state index contributed by atoms with van der Waals surface area (Å²) in [5.41, 5.74) is 2.77. The fraction of sp³-hybridized carbons (Fsp3) is 0.389. The molecule has 24 heavy (non-hydrogen) atoms. The third kappa shape index (κ3) is 3.67. The van der Waals surface area contributed by atoms with Crippen LogP contribution in [0.4, 0.5) is 11.6 Å². The molecule has 1 aliphatic rings. The van der Waals surface area contributed by atoms with Crippen molar-refractivity contribution >= 4 is 29.1 Å². The Hall–Kier alpha value is -2.14. The van der Waals surface area contributed by atoms with Crippen LogP contribution in [0.3, 0.4) is 0 Å². The monoisotopic (exact) mass is 344 g/mol. The Morgan fingerprint density at radius 3 is 2.62 bits per heavy atom. The lowest BCUT2D eigenvalue weighted by Gasteiger charge is -2.26. The molecular weight excluding hydrogens is 324 g/mol. The number of aromatic nitrogens is 2. The molecule has 0 unspecified atom stereocenters. The van der Waals surface area contributed by atoms with Crippen molar-refractivity contribution in [1.29, 1.82) is 0 Å². The summed E-state index contributed by atoms with van der Waals surface area (Å²) in [5.74, 6) is 0.459. The van der Waals surface area contributed by atoms with Crippen molar-refractivity contribution in [3.05, 3.63) is 46.2 Å².